The largest absolute Gasteiger partial charge is 0.508 e. The van der Waals surface area contributed by atoms with Crippen LogP contribution in [-0.2, 0) is 30.4 Å². The molecule has 240 valence electrons. The summed E-state index contributed by atoms with van der Waals surface area (Å²) in [5, 5.41) is 33.7. The molecule has 0 aliphatic carbocycles. The quantitative estimate of drug-likeness (QED) is 0.218. The number of nitrogens with one attached hydrogen (secondary N) is 5. The average Bonchev–Trinajstić information content (AvgIpc) is 2.92. The Morgan fingerprint density at radius 1 is 0.628 bits per heavy atom. The number of hydrogen-bond donors (Lipinski definition) is 7. The van der Waals surface area contributed by atoms with E-state index in [-0.39, 0.29) is 42.8 Å². The molecule has 0 radical (unpaired) electrons. The predicted octanol–water partition coefficient (Wildman–Crippen LogP) is 0.891. The first kappa shape index (κ1) is 35.5. The summed E-state index contributed by atoms with van der Waals surface area (Å²) in [4.78, 5) is 67.7. The fourth-order valence-corrected chi connectivity index (χ4v) is 4.89. The van der Waals surface area contributed by atoms with E-state index in [1.165, 1.54) is 19.1 Å². The Hall–Kier alpha value is -3.67. The van der Waals surface area contributed by atoms with Gasteiger partial charge < -0.3 is 36.8 Å². The van der Waals surface area contributed by atoms with E-state index in [0.29, 0.717) is 12.0 Å². The van der Waals surface area contributed by atoms with Gasteiger partial charge in [0, 0.05) is 6.42 Å². The molecule has 1 aliphatic rings. The van der Waals surface area contributed by atoms with Crippen LogP contribution in [0.4, 0.5) is 0 Å². The highest BCUT2D eigenvalue weighted by Crippen LogP contribution is 2.15. The van der Waals surface area contributed by atoms with Gasteiger partial charge in [-0.05, 0) is 55.2 Å². The Labute approximate surface area is 254 Å². The van der Waals surface area contributed by atoms with Crippen LogP contribution < -0.4 is 26.6 Å². The summed E-state index contributed by atoms with van der Waals surface area (Å²) in [7, 11) is 0. The average molecular weight is 604 g/mol. The van der Waals surface area contributed by atoms with Crippen LogP contribution >= 0.6 is 0 Å². The molecule has 0 spiro atoms. The molecular weight excluding hydrogens is 554 g/mol. The van der Waals surface area contributed by atoms with Crippen LogP contribution in [0.1, 0.15) is 73.3 Å². The van der Waals surface area contributed by atoms with E-state index in [1.807, 2.05) is 34.6 Å². The fraction of sp³-hybridized carbons (Fsp3) is 0.645. The maximum absolute atomic E-state index is 13.7. The van der Waals surface area contributed by atoms with Crippen LogP contribution in [0.15, 0.2) is 24.3 Å². The molecule has 1 aromatic rings. The minimum Gasteiger partial charge on any atom is -0.508 e. The lowest BCUT2D eigenvalue weighted by Gasteiger charge is -2.29. The van der Waals surface area contributed by atoms with Crippen molar-refractivity contribution >= 4 is 29.5 Å². The van der Waals surface area contributed by atoms with Crippen LogP contribution in [0.2, 0.25) is 0 Å². The summed E-state index contributed by atoms with van der Waals surface area (Å²) in [6.45, 7) is 12.6. The highest BCUT2D eigenvalue weighted by molar-refractivity contribution is 5.98. The van der Waals surface area contributed by atoms with Gasteiger partial charge in [-0.3, -0.25) is 24.0 Å². The highest BCUT2D eigenvalue weighted by atomic mass is 16.3. The van der Waals surface area contributed by atoms with Gasteiger partial charge in [-0.1, -0.05) is 60.1 Å². The second-order valence-electron chi connectivity index (χ2n) is 12.4. The maximum atomic E-state index is 13.7. The molecule has 5 amide bonds. The third kappa shape index (κ3) is 10.8. The number of hydrogen-bond acceptors (Lipinski definition) is 7. The molecule has 0 aromatic heterocycles. The molecule has 1 fully saturated rings. The van der Waals surface area contributed by atoms with Crippen molar-refractivity contribution in [3.63, 3.8) is 0 Å². The fourth-order valence-electron chi connectivity index (χ4n) is 4.89. The molecule has 7 N–H and O–H groups in total. The number of carbonyl (C=O) groups is 5. The number of phenolic OH excluding ortho intramolecular Hbond substituents is 1. The smallest absolute Gasteiger partial charge is 0.245 e. The zero-order chi connectivity index (χ0) is 32.4. The third-order valence-corrected chi connectivity index (χ3v) is 7.55. The summed E-state index contributed by atoms with van der Waals surface area (Å²) < 4.78 is 0. The number of amides is 5. The van der Waals surface area contributed by atoms with E-state index < -0.39 is 65.8 Å². The van der Waals surface area contributed by atoms with Crippen LogP contribution in [0.5, 0.6) is 5.75 Å². The summed E-state index contributed by atoms with van der Waals surface area (Å²) >= 11 is 0. The van der Waals surface area contributed by atoms with Crippen LogP contribution in [0.25, 0.3) is 0 Å². The number of aromatic hydroxyl groups is 1. The van der Waals surface area contributed by atoms with E-state index in [4.69, 9.17) is 0 Å². The first-order chi connectivity index (χ1) is 20.1. The number of carbonyl (C=O) groups excluding carboxylic acids is 5. The SMILES string of the molecule is CC[C@H](C)[C@@H]1NC(=O)[C@H](CC(C)C)NC(=O)[C@@H](CC(C)C)NC(=O)[C@H]([C@@H](C)O)NC(=O)[C@H](Cc2ccc(O)cc2)NC1=O. The van der Waals surface area contributed by atoms with Gasteiger partial charge >= 0.3 is 0 Å². The van der Waals surface area contributed by atoms with Crippen molar-refractivity contribution in [3.05, 3.63) is 29.8 Å². The molecule has 1 heterocycles. The summed E-state index contributed by atoms with van der Waals surface area (Å²) in [6, 6.07) is 0.409. The normalized spacial score (nSPS) is 25.9. The van der Waals surface area contributed by atoms with Crippen LogP contribution in [-0.4, -0.2) is 76.1 Å². The number of phenols is 1. The molecule has 0 saturated carbocycles. The summed E-state index contributed by atoms with van der Waals surface area (Å²) in [5.41, 5.74) is 0.613. The second kappa shape index (κ2) is 16.3. The molecule has 12 heteroatoms. The van der Waals surface area contributed by atoms with Crippen molar-refractivity contribution in [1.29, 1.82) is 0 Å². The monoisotopic (exact) mass is 603 g/mol. The van der Waals surface area contributed by atoms with Crippen molar-refractivity contribution in [1.82, 2.24) is 26.6 Å². The lowest BCUT2D eigenvalue weighted by molar-refractivity contribution is -0.136. The Morgan fingerprint density at radius 3 is 1.53 bits per heavy atom. The van der Waals surface area contributed by atoms with Crippen molar-refractivity contribution in [2.75, 3.05) is 0 Å². The molecule has 43 heavy (non-hydrogen) atoms. The number of rotatable bonds is 9. The minimum absolute atomic E-state index is 0.000829. The number of aliphatic hydroxyl groups is 1. The second-order valence-corrected chi connectivity index (χ2v) is 12.4. The Balaban J connectivity index is 2.61. The van der Waals surface area contributed by atoms with E-state index in [0.717, 1.165) is 0 Å². The molecule has 0 unspecified atom stereocenters. The number of benzene rings is 1. The summed E-state index contributed by atoms with van der Waals surface area (Å²) in [6.07, 6.45) is -0.272. The zero-order valence-electron chi connectivity index (χ0n) is 26.3. The molecule has 2 rings (SSSR count). The molecule has 1 saturated heterocycles. The molecular formula is C31H49N5O7. The molecule has 1 aliphatic heterocycles. The van der Waals surface area contributed by atoms with E-state index in [9.17, 15) is 34.2 Å². The van der Waals surface area contributed by atoms with Gasteiger partial charge in [0.2, 0.25) is 29.5 Å². The van der Waals surface area contributed by atoms with Gasteiger partial charge in [0.15, 0.2) is 0 Å². The summed E-state index contributed by atoms with van der Waals surface area (Å²) in [5.74, 6) is -3.55. The predicted molar refractivity (Wildman–Crippen MR) is 162 cm³/mol. The Morgan fingerprint density at radius 2 is 1.05 bits per heavy atom. The van der Waals surface area contributed by atoms with Crippen LogP contribution in [0, 0.1) is 17.8 Å². The first-order valence-electron chi connectivity index (χ1n) is 15.1. The van der Waals surface area contributed by atoms with Crippen molar-refractivity contribution in [2.45, 2.75) is 110 Å². The first-order valence-corrected chi connectivity index (χ1v) is 15.1. The van der Waals surface area contributed by atoms with Gasteiger partial charge in [-0.2, -0.15) is 0 Å². The lowest BCUT2D eigenvalue weighted by atomic mass is 9.95. The zero-order valence-corrected chi connectivity index (χ0v) is 26.3. The van der Waals surface area contributed by atoms with Gasteiger partial charge in [-0.15, -0.1) is 0 Å². The van der Waals surface area contributed by atoms with Gasteiger partial charge in [0.1, 0.15) is 36.0 Å². The third-order valence-electron chi connectivity index (χ3n) is 7.55. The lowest BCUT2D eigenvalue weighted by Crippen LogP contribution is -2.61. The highest BCUT2D eigenvalue weighted by Gasteiger charge is 2.37. The van der Waals surface area contributed by atoms with E-state index in [1.54, 1.807) is 19.1 Å². The van der Waals surface area contributed by atoms with Gasteiger partial charge in [-0.25, -0.2) is 0 Å². The van der Waals surface area contributed by atoms with Crippen LogP contribution in [0.3, 0.4) is 0 Å². The van der Waals surface area contributed by atoms with Crippen molar-refractivity contribution in [3.8, 4) is 5.75 Å². The Bertz CT molecular complexity index is 1120. The molecule has 12 nitrogen and oxygen atoms in total. The van der Waals surface area contributed by atoms with Gasteiger partial charge in [0.05, 0.1) is 6.10 Å². The van der Waals surface area contributed by atoms with E-state index >= 15 is 0 Å². The standard InChI is InChI=1S/C31H49N5O7/c1-8-18(6)25-30(42)34-24(15-20-9-11-21(38)12-10-20)29(41)36-26(19(7)37)31(43)33-22(13-16(2)3)27(39)32-23(14-17(4)5)28(40)35-25/h9-12,16-19,22-26,37-38H,8,13-15H2,1-7H3,(H,32,39)(H,33,43)(H,34,42)(H,35,40)(H,36,41)/t18-,19+,22+,23-,24-,25-,26-/m0/s1. The number of aliphatic hydroxyl groups excluding tert-OH is 1. The Kier molecular flexibility index (Phi) is 13.4. The molecule has 0 bridgehead atoms. The topological polar surface area (TPSA) is 186 Å². The molecule has 7 atom stereocenters. The van der Waals surface area contributed by atoms with E-state index in [2.05, 4.69) is 26.6 Å². The van der Waals surface area contributed by atoms with Crippen molar-refractivity contribution in [2.24, 2.45) is 17.8 Å². The maximum Gasteiger partial charge on any atom is 0.245 e. The molecule has 1 aromatic carbocycles. The minimum atomic E-state index is -1.43. The van der Waals surface area contributed by atoms with Gasteiger partial charge in [0.25, 0.3) is 0 Å². The van der Waals surface area contributed by atoms with Crippen molar-refractivity contribution < 1.29 is 34.2 Å².